The molecule has 0 radical (unpaired) electrons. The summed E-state index contributed by atoms with van der Waals surface area (Å²) in [6.45, 7) is 0.934. The molecule has 3 rings (SSSR count). The van der Waals surface area contributed by atoms with Crippen LogP contribution in [0.25, 0.3) is 0 Å². The minimum atomic E-state index is 0.473. The van der Waals surface area contributed by atoms with E-state index in [0.717, 1.165) is 25.2 Å². The molecular weight excluding hydrogens is 304 g/mol. The fourth-order valence-electron chi connectivity index (χ4n) is 2.71. The van der Waals surface area contributed by atoms with Crippen molar-refractivity contribution in [3.05, 3.63) is 46.0 Å². The van der Waals surface area contributed by atoms with Crippen molar-refractivity contribution in [2.75, 3.05) is 6.54 Å². The van der Waals surface area contributed by atoms with Gasteiger partial charge in [0.15, 0.2) is 0 Å². The van der Waals surface area contributed by atoms with E-state index in [2.05, 4.69) is 49.6 Å². The Bertz CT molecular complexity index is 579. The van der Waals surface area contributed by atoms with Gasteiger partial charge in [-0.1, -0.05) is 28.1 Å². The highest BCUT2D eigenvalue weighted by molar-refractivity contribution is 9.10. The molecule has 0 bridgehead atoms. The molecular formula is C14H17BrN4. The van der Waals surface area contributed by atoms with Crippen molar-refractivity contribution in [2.45, 2.75) is 25.3 Å². The zero-order valence-corrected chi connectivity index (χ0v) is 12.5. The summed E-state index contributed by atoms with van der Waals surface area (Å²) in [5, 5.41) is 11.6. The molecule has 0 fully saturated rings. The quantitative estimate of drug-likeness (QED) is 0.940. The van der Waals surface area contributed by atoms with Gasteiger partial charge in [0, 0.05) is 30.5 Å². The summed E-state index contributed by atoms with van der Waals surface area (Å²) in [6, 6.07) is 6.94. The van der Waals surface area contributed by atoms with Crippen LogP contribution in [0.1, 0.15) is 29.4 Å². The van der Waals surface area contributed by atoms with Crippen LogP contribution < -0.4 is 5.32 Å². The summed E-state index contributed by atoms with van der Waals surface area (Å²) in [5.74, 6) is 1.03. The fourth-order valence-corrected chi connectivity index (χ4v) is 3.29. The third-order valence-electron chi connectivity index (χ3n) is 3.76. The van der Waals surface area contributed by atoms with Crippen LogP contribution in [0.5, 0.6) is 0 Å². The highest BCUT2D eigenvalue weighted by atomic mass is 79.9. The number of nitrogens with zero attached hydrogens (tertiary/aromatic N) is 3. The van der Waals surface area contributed by atoms with E-state index >= 15 is 0 Å². The van der Waals surface area contributed by atoms with Crippen molar-refractivity contribution in [1.82, 2.24) is 20.1 Å². The van der Waals surface area contributed by atoms with Gasteiger partial charge >= 0.3 is 0 Å². The standard InChI is InChI=1S/C14H17BrN4/c1-19-9-17-18-14(19)7-8-16-13-6-5-10-11(13)3-2-4-12(10)15/h2-4,9,13,16H,5-8H2,1H3. The molecule has 1 aromatic heterocycles. The maximum atomic E-state index is 4.10. The number of aromatic nitrogens is 3. The molecule has 2 aromatic rings. The first-order valence-electron chi connectivity index (χ1n) is 6.59. The van der Waals surface area contributed by atoms with Gasteiger partial charge in [0.25, 0.3) is 0 Å². The molecule has 1 aromatic carbocycles. The van der Waals surface area contributed by atoms with Crippen LogP contribution in [0.15, 0.2) is 29.0 Å². The maximum absolute atomic E-state index is 4.10. The molecule has 1 aliphatic rings. The van der Waals surface area contributed by atoms with E-state index in [4.69, 9.17) is 0 Å². The highest BCUT2D eigenvalue weighted by Crippen LogP contribution is 2.35. The Balaban J connectivity index is 1.61. The minimum Gasteiger partial charge on any atom is -0.321 e. The van der Waals surface area contributed by atoms with Gasteiger partial charge in [-0.25, -0.2) is 0 Å². The first-order valence-corrected chi connectivity index (χ1v) is 7.38. The molecule has 0 saturated carbocycles. The lowest BCUT2D eigenvalue weighted by Crippen LogP contribution is -2.22. The number of nitrogens with one attached hydrogen (secondary N) is 1. The van der Waals surface area contributed by atoms with Gasteiger partial charge < -0.3 is 9.88 Å². The number of rotatable bonds is 4. The van der Waals surface area contributed by atoms with Crippen LogP contribution in [-0.4, -0.2) is 21.3 Å². The van der Waals surface area contributed by atoms with Crippen molar-refractivity contribution in [1.29, 1.82) is 0 Å². The molecule has 0 aliphatic heterocycles. The molecule has 1 aliphatic carbocycles. The van der Waals surface area contributed by atoms with Crippen molar-refractivity contribution in [3.63, 3.8) is 0 Å². The molecule has 0 saturated heterocycles. The van der Waals surface area contributed by atoms with Crippen LogP contribution in [0.3, 0.4) is 0 Å². The summed E-state index contributed by atoms with van der Waals surface area (Å²) in [6.07, 6.45) is 4.99. The predicted octanol–water partition coefficient (Wildman–Crippen LogP) is 2.40. The Morgan fingerprint density at radius 1 is 1.47 bits per heavy atom. The number of fused-ring (bicyclic) bond motifs is 1. The third-order valence-corrected chi connectivity index (χ3v) is 4.50. The smallest absolute Gasteiger partial charge is 0.133 e. The van der Waals surface area contributed by atoms with E-state index in [0.29, 0.717) is 6.04 Å². The van der Waals surface area contributed by atoms with E-state index in [-0.39, 0.29) is 0 Å². The van der Waals surface area contributed by atoms with Crippen molar-refractivity contribution < 1.29 is 0 Å². The Morgan fingerprint density at radius 3 is 3.16 bits per heavy atom. The lowest BCUT2D eigenvalue weighted by molar-refractivity contribution is 0.526. The second-order valence-corrected chi connectivity index (χ2v) is 5.82. The summed E-state index contributed by atoms with van der Waals surface area (Å²) in [4.78, 5) is 0. The lowest BCUT2D eigenvalue weighted by atomic mass is 10.1. The van der Waals surface area contributed by atoms with Gasteiger partial charge in [-0.05, 0) is 30.0 Å². The Morgan fingerprint density at radius 2 is 2.37 bits per heavy atom. The average Bonchev–Trinajstić information content (AvgIpc) is 2.98. The second kappa shape index (κ2) is 5.43. The monoisotopic (exact) mass is 320 g/mol. The largest absolute Gasteiger partial charge is 0.321 e. The van der Waals surface area contributed by atoms with Crippen LogP contribution in [0.2, 0.25) is 0 Å². The Hall–Kier alpha value is -1.20. The summed E-state index contributed by atoms with van der Waals surface area (Å²) < 4.78 is 3.21. The molecule has 1 atom stereocenters. The van der Waals surface area contributed by atoms with Gasteiger partial charge in [0.05, 0.1) is 0 Å². The van der Waals surface area contributed by atoms with Crippen LogP contribution in [0, 0.1) is 0 Å². The molecule has 5 heteroatoms. The zero-order valence-electron chi connectivity index (χ0n) is 10.9. The van der Waals surface area contributed by atoms with Gasteiger partial charge in [0.2, 0.25) is 0 Å². The van der Waals surface area contributed by atoms with Gasteiger partial charge in [-0.3, -0.25) is 0 Å². The average molecular weight is 321 g/mol. The maximum Gasteiger partial charge on any atom is 0.133 e. The molecule has 19 heavy (non-hydrogen) atoms. The Kier molecular flexibility index (Phi) is 3.66. The van der Waals surface area contributed by atoms with Crippen molar-refractivity contribution in [2.24, 2.45) is 7.05 Å². The van der Waals surface area contributed by atoms with E-state index in [1.807, 2.05) is 11.6 Å². The number of aryl methyl sites for hydroxylation is 1. The van der Waals surface area contributed by atoms with Crippen molar-refractivity contribution in [3.8, 4) is 0 Å². The SMILES string of the molecule is Cn1cnnc1CCNC1CCc2c(Br)cccc21. The molecule has 4 nitrogen and oxygen atoms in total. The number of hydrogen-bond acceptors (Lipinski definition) is 3. The first-order chi connectivity index (χ1) is 9.25. The molecule has 1 unspecified atom stereocenters. The molecule has 100 valence electrons. The molecule has 1 N–H and O–H groups in total. The number of hydrogen-bond donors (Lipinski definition) is 1. The van der Waals surface area contributed by atoms with Crippen molar-refractivity contribution >= 4 is 15.9 Å². The zero-order chi connectivity index (χ0) is 13.2. The van der Waals surface area contributed by atoms with E-state index in [9.17, 15) is 0 Å². The summed E-state index contributed by atoms with van der Waals surface area (Å²) in [5.41, 5.74) is 2.89. The fraction of sp³-hybridized carbons (Fsp3) is 0.429. The third kappa shape index (κ3) is 2.58. The second-order valence-electron chi connectivity index (χ2n) is 4.96. The predicted molar refractivity (Wildman–Crippen MR) is 77.9 cm³/mol. The normalized spacial score (nSPS) is 17.7. The summed E-state index contributed by atoms with van der Waals surface area (Å²) >= 11 is 3.63. The number of benzene rings is 1. The minimum absolute atomic E-state index is 0.473. The number of halogens is 1. The lowest BCUT2D eigenvalue weighted by Gasteiger charge is -2.14. The van der Waals surface area contributed by atoms with Gasteiger partial charge in [0.1, 0.15) is 12.2 Å². The molecule has 1 heterocycles. The van der Waals surface area contributed by atoms with E-state index in [1.54, 1.807) is 6.33 Å². The van der Waals surface area contributed by atoms with E-state index < -0.39 is 0 Å². The van der Waals surface area contributed by atoms with E-state index in [1.165, 1.54) is 22.0 Å². The molecule has 0 spiro atoms. The van der Waals surface area contributed by atoms with Crippen LogP contribution in [0.4, 0.5) is 0 Å². The van der Waals surface area contributed by atoms with Gasteiger partial charge in [-0.15, -0.1) is 10.2 Å². The van der Waals surface area contributed by atoms with Crippen LogP contribution in [-0.2, 0) is 19.9 Å². The highest BCUT2D eigenvalue weighted by Gasteiger charge is 2.23. The van der Waals surface area contributed by atoms with Gasteiger partial charge in [-0.2, -0.15) is 0 Å². The summed E-state index contributed by atoms with van der Waals surface area (Å²) in [7, 11) is 1.98. The Labute approximate surface area is 121 Å². The topological polar surface area (TPSA) is 42.7 Å². The first kappa shape index (κ1) is 12.8. The molecule has 0 amide bonds. The van der Waals surface area contributed by atoms with Crippen LogP contribution >= 0.6 is 15.9 Å².